The molecule has 3 unspecified atom stereocenters. The zero-order valence-electron chi connectivity index (χ0n) is 12.2. The number of hydrogen-bond donors (Lipinski definition) is 1. The van der Waals surface area contributed by atoms with Crippen molar-refractivity contribution in [1.82, 2.24) is 0 Å². The molecule has 0 bridgehead atoms. The first-order valence-corrected chi connectivity index (χ1v) is 7.24. The van der Waals surface area contributed by atoms with E-state index in [1.807, 2.05) is 0 Å². The second-order valence-corrected chi connectivity index (χ2v) is 5.69. The second-order valence-electron chi connectivity index (χ2n) is 5.69. The Bertz CT molecular complexity index is 517. The summed E-state index contributed by atoms with van der Waals surface area (Å²) in [6.07, 6.45) is 3.41. The minimum atomic E-state index is -0.318. The van der Waals surface area contributed by atoms with E-state index in [9.17, 15) is 4.39 Å². The van der Waals surface area contributed by atoms with Gasteiger partial charge < -0.3 is 10.5 Å². The smallest absolute Gasteiger partial charge is 0.128 e. The highest BCUT2D eigenvalue weighted by Gasteiger charge is 2.25. The molecule has 0 aromatic heterocycles. The van der Waals surface area contributed by atoms with Gasteiger partial charge in [-0.05, 0) is 43.2 Å². The number of benzene rings is 1. The van der Waals surface area contributed by atoms with Crippen molar-refractivity contribution >= 4 is 0 Å². The van der Waals surface area contributed by atoms with Crippen LogP contribution in [-0.4, -0.2) is 12.6 Å². The van der Waals surface area contributed by atoms with Crippen LogP contribution in [0.25, 0.3) is 0 Å². The molecule has 0 radical (unpaired) electrons. The maximum absolute atomic E-state index is 13.6. The Morgan fingerprint density at radius 3 is 2.75 bits per heavy atom. The summed E-state index contributed by atoms with van der Waals surface area (Å²) in [5.41, 5.74) is 5.95. The monoisotopic (exact) mass is 275 g/mol. The van der Waals surface area contributed by atoms with E-state index in [0.29, 0.717) is 17.2 Å². The van der Waals surface area contributed by atoms with Crippen LogP contribution in [-0.2, 0) is 0 Å². The molecule has 1 fully saturated rings. The predicted molar refractivity (Wildman–Crippen MR) is 78.9 cm³/mol. The van der Waals surface area contributed by atoms with Gasteiger partial charge in [-0.15, -0.1) is 0 Å². The lowest BCUT2D eigenvalue weighted by Crippen LogP contribution is -2.28. The quantitative estimate of drug-likeness (QED) is 0.840. The summed E-state index contributed by atoms with van der Waals surface area (Å²) in [6, 6.07) is 4.62. The van der Waals surface area contributed by atoms with Gasteiger partial charge in [0, 0.05) is 11.6 Å². The van der Waals surface area contributed by atoms with Crippen LogP contribution >= 0.6 is 0 Å². The Kier molecular flexibility index (Phi) is 5.03. The minimum Gasteiger partial charge on any atom is -0.490 e. The molecule has 108 valence electrons. The maximum atomic E-state index is 13.6. The molecular weight excluding hydrogens is 253 g/mol. The lowest BCUT2D eigenvalue weighted by molar-refractivity contribution is 0.100. The Hall–Kier alpha value is -1.53. The molecule has 1 aromatic carbocycles. The van der Waals surface area contributed by atoms with Crippen LogP contribution in [0.5, 0.6) is 5.75 Å². The second kappa shape index (κ2) is 6.76. The Morgan fingerprint density at radius 2 is 2.05 bits per heavy atom. The highest BCUT2D eigenvalue weighted by atomic mass is 19.1. The van der Waals surface area contributed by atoms with Crippen LogP contribution in [0.2, 0.25) is 0 Å². The summed E-state index contributed by atoms with van der Waals surface area (Å²) in [5.74, 6) is 7.22. The standard InChI is InChI=1S/C17H22FNO/c1-12-5-6-16(8-13(12)2)20-17-10-14(4-3-7-19)9-15(18)11-17/h9-13,16H,5-8,19H2,1-2H3. The van der Waals surface area contributed by atoms with E-state index in [-0.39, 0.29) is 18.5 Å². The van der Waals surface area contributed by atoms with Gasteiger partial charge in [-0.25, -0.2) is 4.39 Å². The highest BCUT2D eigenvalue weighted by Crippen LogP contribution is 2.32. The van der Waals surface area contributed by atoms with Crippen molar-refractivity contribution in [3.63, 3.8) is 0 Å². The van der Waals surface area contributed by atoms with E-state index >= 15 is 0 Å². The van der Waals surface area contributed by atoms with E-state index in [1.54, 1.807) is 6.07 Å². The summed E-state index contributed by atoms with van der Waals surface area (Å²) in [5, 5.41) is 0. The summed E-state index contributed by atoms with van der Waals surface area (Å²) in [4.78, 5) is 0. The maximum Gasteiger partial charge on any atom is 0.128 e. The molecule has 2 rings (SSSR count). The first kappa shape index (κ1) is 14.9. The van der Waals surface area contributed by atoms with Gasteiger partial charge in [-0.1, -0.05) is 25.7 Å². The molecule has 1 saturated carbocycles. The SMILES string of the molecule is CC1CCC(Oc2cc(F)cc(C#CCN)c2)CC1C. The summed E-state index contributed by atoms with van der Waals surface area (Å²) in [6.45, 7) is 4.80. The van der Waals surface area contributed by atoms with Crippen LogP contribution < -0.4 is 10.5 Å². The highest BCUT2D eigenvalue weighted by molar-refractivity contribution is 5.40. The molecule has 1 aliphatic rings. The summed E-state index contributed by atoms with van der Waals surface area (Å²) >= 11 is 0. The molecule has 1 aromatic rings. The fourth-order valence-corrected chi connectivity index (χ4v) is 2.65. The Morgan fingerprint density at radius 1 is 1.25 bits per heavy atom. The van der Waals surface area contributed by atoms with Gasteiger partial charge in [0.15, 0.2) is 0 Å². The van der Waals surface area contributed by atoms with Crippen molar-refractivity contribution < 1.29 is 9.13 Å². The van der Waals surface area contributed by atoms with Crippen molar-refractivity contribution in [2.24, 2.45) is 17.6 Å². The molecule has 2 nitrogen and oxygen atoms in total. The number of rotatable bonds is 2. The van der Waals surface area contributed by atoms with Gasteiger partial charge in [-0.3, -0.25) is 0 Å². The van der Waals surface area contributed by atoms with E-state index in [4.69, 9.17) is 10.5 Å². The van der Waals surface area contributed by atoms with Crippen molar-refractivity contribution in [3.8, 4) is 17.6 Å². The summed E-state index contributed by atoms with van der Waals surface area (Å²) in [7, 11) is 0. The molecule has 0 amide bonds. The number of hydrogen-bond acceptors (Lipinski definition) is 2. The third kappa shape index (κ3) is 3.98. The van der Waals surface area contributed by atoms with Gasteiger partial charge >= 0.3 is 0 Å². The van der Waals surface area contributed by atoms with Gasteiger partial charge in [0.05, 0.1) is 12.6 Å². The fourth-order valence-electron chi connectivity index (χ4n) is 2.65. The molecule has 0 heterocycles. The van der Waals surface area contributed by atoms with Gasteiger partial charge in [0.2, 0.25) is 0 Å². The van der Waals surface area contributed by atoms with Crippen LogP contribution in [0, 0.1) is 29.5 Å². The third-order valence-electron chi connectivity index (χ3n) is 4.06. The van der Waals surface area contributed by atoms with E-state index < -0.39 is 0 Å². The number of nitrogens with two attached hydrogens (primary N) is 1. The number of halogens is 1. The Labute approximate surface area is 120 Å². The minimum absolute atomic E-state index is 0.179. The van der Waals surface area contributed by atoms with E-state index in [0.717, 1.165) is 18.8 Å². The largest absolute Gasteiger partial charge is 0.490 e. The molecular formula is C17H22FNO. The van der Waals surface area contributed by atoms with Gasteiger partial charge in [0.25, 0.3) is 0 Å². The van der Waals surface area contributed by atoms with Crippen LogP contribution in [0.15, 0.2) is 18.2 Å². The van der Waals surface area contributed by atoms with Gasteiger partial charge in [-0.2, -0.15) is 0 Å². The molecule has 1 aliphatic carbocycles. The first-order valence-electron chi connectivity index (χ1n) is 7.24. The molecule has 0 saturated heterocycles. The van der Waals surface area contributed by atoms with Crippen molar-refractivity contribution in [2.75, 3.05) is 6.54 Å². The molecule has 20 heavy (non-hydrogen) atoms. The molecule has 0 aliphatic heterocycles. The zero-order valence-corrected chi connectivity index (χ0v) is 12.2. The van der Waals surface area contributed by atoms with Gasteiger partial charge in [0.1, 0.15) is 11.6 Å². The summed E-state index contributed by atoms with van der Waals surface area (Å²) < 4.78 is 19.5. The third-order valence-corrected chi connectivity index (χ3v) is 4.06. The molecule has 0 spiro atoms. The van der Waals surface area contributed by atoms with Crippen LogP contribution in [0.1, 0.15) is 38.7 Å². The molecule has 3 atom stereocenters. The number of ether oxygens (including phenoxy) is 1. The van der Waals surface area contributed by atoms with Crippen molar-refractivity contribution in [3.05, 3.63) is 29.6 Å². The van der Waals surface area contributed by atoms with Crippen molar-refractivity contribution in [2.45, 2.75) is 39.2 Å². The first-order chi connectivity index (χ1) is 9.58. The van der Waals surface area contributed by atoms with E-state index in [1.165, 1.54) is 18.6 Å². The lowest BCUT2D eigenvalue weighted by atomic mass is 9.80. The topological polar surface area (TPSA) is 35.2 Å². The molecule has 3 heteroatoms. The normalized spacial score (nSPS) is 25.7. The van der Waals surface area contributed by atoms with Crippen LogP contribution in [0.4, 0.5) is 4.39 Å². The average molecular weight is 275 g/mol. The fraction of sp³-hybridized carbons (Fsp3) is 0.529. The average Bonchev–Trinajstić information content (AvgIpc) is 2.40. The zero-order chi connectivity index (χ0) is 14.5. The molecule has 2 N–H and O–H groups in total. The van der Waals surface area contributed by atoms with Crippen molar-refractivity contribution in [1.29, 1.82) is 0 Å². The predicted octanol–water partition coefficient (Wildman–Crippen LogP) is 3.34. The van der Waals surface area contributed by atoms with Crippen LogP contribution in [0.3, 0.4) is 0 Å². The Balaban J connectivity index is 2.07. The van der Waals surface area contributed by atoms with E-state index in [2.05, 4.69) is 25.7 Å². The lowest BCUT2D eigenvalue weighted by Gasteiger charge is -2.32.